The predicted octanol–water partition coefficient (Wildman–Crippen LogP) is 4.78. The van der Waals surface area contributed by atoms with E-state index in [2.05, 4.69) is 38.2 Å². The Balaban J connectivity index is 1.82. The van der Waals surface area contributed by atoms with Crippen LogP contribution in [0.15, 0.2) is 42.5 Å². The Kier molecular flexibility index (Phi) is 3.94. The molecule has 1 N–H and O–H groups in total. The van der Waals surface area contributed by atoms with Crippen molar-refractivity contribution in [1.82, 2.24) is 5.32 Å². The van der Waals surface area contributed by atoms with Gasteiger partial charge in [-0.2, -0.15) is 0 Å². The van der Waals surface area contributed by atoms with Crippen molar-refractivity contribution in [3.05, 3.63) is 48.0 Å². The summed E-state index contributed by atoms with van der Waals surface area (Å²) in [4.78, 5) is 12.7. The quantitative estimate of drug-likeness (QED) is 0.848. The van der Waals surface area contributed by atoms with Crippen LogP contribution in [0.2, 0.25) is 0 Å². The first-order chi connectivity index (χ1) is 10.4. The van der Waals surface area contributed by atoms with Crippen LogP contribution in [-0.2, 0) is 0 Å². The second kappa shape index (κ2) is 5.75. The van der Waals surface area contributed by atoms with Crippen LogP contribution in [0.25, 0.3) is 10.8 Å². The maximum atomic E-state index is 12.7. The molecule has 116 valence electrons. The maximum Gasteiger partial charge on any atom is 0.252 e. The third-order valence-corrected chi connectivity index (χ3v) is 4.76. The molecule has 0 aromatic heterocycles. The summed E-state index contributed by atoms with van der Waals surface area (Å²) < 4.78 is 0. The van der Waals surface area contributed by atoms with Crippen molar-refractivity contribution in [2.24, 2.45) is 11.3 Å². The van der Waals surface area contributed by atoms with Gasteiger partial charge < -0.3 is 5.32 Å². The Morgan fingerprint density at radius 3 is 2.59 bits per heavy atom. The van der Waals surface area contributed by atoms with Crippen LogP contribution in [0, 0.1) is 11.3 Å². The number of amides is 1. The monoisotopic (exact) mass is 295 g/mol. The van der Waals surface area contributed by atoms with E-state index in [0.717, 1.165) is 29.2 Å². The van der Waals surface area contributed by atoms with Gasteiger partial charge in [-0.05, 0) is 47.4 Å². The van der Waals surface area contributed by atoms with Crippen LogP contribution in [0.5, 0.6) is 0 Å². The number of nitrogens with one attached hydrogen (secondary N) is 1. The lowest BCUT2D eigenvalue weighted by atomic mass is 9.70. The zero-order chi connectivity index (χ0) is 15.7. The van der Waals surface area contributed by atoms with Crippen LogP contribution in [0.1, 0.15) is 50.4 Å². The molecule has 0 spiro atoms. The van der Waals surface area contributed by atoms with Gasteiger partial charge in [0.25, 0.3) is 5.91 Å². The third kappa shape index (κ3) is 3.16. The molecule has 1 saturated carbocycles. The largest absolute Gasteiger partial charge is 0.349 e. The fraction of sp³-hybridized carbons (Fsp3) is 0.450. The van der Waals surface area contributed by atoms with Crippen molar-refractivity contribution >= 4 is 16.7 Å². The van der Waals surface area contributed by atoms with E-state index in [4.69, 9.17) is 0 Å². The Morgan fingerprint density at radius 2 is 1.82 bits per heavy atom. The fourth-order valence-electron chi connectivity index (χ4n) is 4.14. The number of fused-ring (bicyclic) bond motifs is 1. The smallest absolute Gasteiger partial charge is 0.252 e. The summed E-state index contributed by atoms with van der Waals surface area (Å²) in [5.41, 5.74) is 1.10. The first-order valence-electron chi connectivity index (χ1n) is 8.23. The minimum Gasteiger partial charge on any atom is -0.349 e. The molecule has 0 bridgehead atoms. The number of carbonyl (C=O) groups is 1. The molecule has 1 aliphatic carbocycles. The molecule has 2 aromatic rings. The summed E-state index contributed by atoms with van der Waals surface area (Å²) in [6, 6.07) is 14.3. The molecule has 0 aliphatic heterocycles. The highest BCUT2D eigenvalue weighted by molar-refractivity contribution is 6.07. The van der Waals surface area contributed by atoms with Crippen LogP contribution in [-0.4, -0.2) is 11.9 Å². The van der Waals surface area contributed by atoms with Gasteiger partial charge in [0.2, 0.25) is 0 Å². The molecular formula is C20H25NO. The predicted molar refractivity (Wildman–Crippen MR) is 92.0 cm³/mol. The van der Waals surface area contributed by atoms with Crippen molar-refractivity contribution in [2.75, 3.05) is 0 Å². The Morgan fingerprint density at radius 1 is 1.09 bits per heavy atom. The highest BCUT2D eigenvalue weighted by atomic mass is 16.1. The molecule has 1 fully saturated rings. The van der Waals surface area contributed by atoms with Crippen molar-refractivity contribution < 1.29 is 4.79 Å². The molecule has 2 aromatic carbocycles. The first-order valence-corrected chi connectivity index (χ1v) is 8.23. The molecular weight excluding hydrogens is 270 g/mol. The maximum absolute atomic E-state index is 12.7. The van der Waals surface area contributed by atoms with E-state index in [1.54, 1.807) is 0 Å². The molecule has 0 radical (unpaired) electrons. The number of rotatable bonds is 2. The van der Waals surface area contributed by atoms with Gasteiger partial charge in [0.15, 0.2) is 0 Å². The van der Waals surface area contributed by atoms with Gasteiger partial charge in [0.05, 0.1) is 0 Å². The molecule has 22 heavy (non-hydrogen) atoms. The number of hydrogen-bond donors (Lipinski definition) is 1. The van der Waals surface area contributed by atoms with Crippen LogP contribution in [0.4, 0.5) is 0 Å². The van der Waals surface area contributed by atoms with Gasteiger partial charge in [-0.15, -0.1) is 0 Å². The summed E-state index contributed by atoms with van der Waals surface area (Å²) >= 11 is 0. The van der Waals surface area contributed by atoms with E-state index in [0.29, 0.717) is 11.3 Å². The fourth-order valence-corrected chi connectivity index (χ4v) is 4.14. The molecule has 2 atom stereocenters. The number of hydrogen-bond acceptors (Lipinski definition) is 1. The average Bonchev–Trinajstić information content (AvgIpc) is 2.44. The number of carbonyl (C=O) groups excluding carboxylic acids is 1. The molecule has 0 unspecified atom stereocenters. The lowest BCUT2D eigenvalue weighted by molar-refractivity contribution is 0.0876. The van der Waals surface area contributed by atoms with E-state index in [1.807, 2.05) is 30.3 Å². The Bertz CT molecular complexity index is 684. The van der Waals surface area contributed by atoms with E-state index >= 15 is 0 Å². The van der Waals surface area contributed by atoms with E-state index in [1.165, 1.54) is 6.42 Å². The normalized spacial score (nSPS) is 24.1. The molecule has 1 aliphatic rings. The molecule has 0 heterocycles. The standard InChI is InChI=1S/C20H25NO/c1-14-11-16(13-20(2,3)12-14)21-19(22)18-10-6-8-15-7-4-5-9-17(15)18/h4-10,14,16H,11-13H2,1-3H3,(H,21,22)/t14-,16-/m0/s1. The van der Waals surface area contributed by atoms with Crippen molar-refractivity contribution in [1.29, 1.82) is 0 Å². The van der Waals surface area contributed by atoms with Crippen molar-refractivity contribution in [2.45, 2.75) is 46.1 Å². The van der Waals surface area contributed by atoms with Crippen molar-refractivity contribution in [3.8, 4) is 0 Å². The first kappa shape index (κ1) is 15.1. The van der Waals surface area contributed by atoms with Crippen LogP contribution in [0.3, 0.4) is 0 Å². The zero-order valence-corrected chi connectivity index (χ0v) is 13.7. The van der Waals surface area contributed by atoms with Crippen LogP contribution >= 0.6 is 0 Å². The van der Waals surface area contributed by atoms with Crippen LogP contribution < -0.4 is 5.32 Å². The average molecular weight is 295 g/mol. The van der Waals surface area contributed by atoms with Gasteiger partial charge in [-0.3, -0.25) is 4.79 Å². The summed E-state index contributed by atoms with van der Waals surface area (Å²) in [6.45, 7) is 6.90. The highest BCUT2D eigenvalue weighted by Gasteiger charge is 2.32. The van der Waals surface area contributed by atoms with Gasteiger partial charge in [0.1, 0.15) is 0 Å². The zero-order valence-electron chi connectivity index (χ0n) is 13.7. The lowest BCUT2D eigenvalue weighted by Gasteiger charge is -2.39. The van der Waals surface area contributed by atoms with Crippen molar-refractivity contribution in [3.63, 3.8) is 0 Å². The lowest BCUT2D eigenvalue weighted by Crippen LogP contribution is -2.43. The third-order valence-electron chi connectivity index (χ3n) is 4.76. The summed E-state index contributed by atoms with van der Waals surface area (Å²) in [5.74, 6) is 0.730. The Labute approximate surface area is 132 Å². The molecule has 0 saturated heterocycles. The second-order valence-electron chi connectivity index (χ2n) is 7.61. The molecule has 2 heteroatoms. The minimum absolute atomic E-state index is 0.0618. The van der Waals surface area contributed by atoms with Gasteiger partial charge in [0, 0.05) is 11.6 Å². The SMILES string of the molecule is C[C@H]1C[C@H](NC(=O)c2cccc3ccccc23)CC(C)(C)C1. The number of benzene rings is 2. The topological polar surface area (TPSA) is 29.1 Å². The molecule has 3 rings (SSSR count). The molecule has 1 amide bonds. The van der Waals surface area contributed by atoms with Gasteiger partial charge >= 0.3 is 0 Å². The summed E-state index contributed by atoms with van der Waals surface area (Å²) in [6.07, 6.45) is 3.39. The van der Waals surface area contributed by atoms with E-state index in [9.17, 15) is 4.79 Å². The summed E-state index contributed by atoms with van der Waals surface area (Å²) in [7, 11) is 0. The highest BCUT2D eigenvalue weighted by Crippen LogP contribution is 2.38. The minimum atomic E-state index is 0.0618. The second-order valence-corrected chi connectivity index (χ2v) is 7.61. The molecule has 2 nitrogen and oxygen atoms in total. The van der Waals surface area contributed by atoms with Gasteiger partial charge in [-0.25, -0.2) is 0 Å². The Hall–Kier alpha value is -1.83. The van der Waals surface area contributed by atoms with E-state index in [-0.39, 0.29) is 11.9 Å². The van der Waals surface area contributed by atoms with E-state index < -0.39 is 0 Å². The summed E-state index contributed by atoms with van der Waals surface area (Å²) in [5, 5.41) is 5.43. The van der Waals surface area contributed by atoms with Gasteiger partial charge in [-0.1, -0.05) is 57.2 Å².